The van der Waals surface area contributed by atoms with Gasteiger partial charge in [-0.1, -0.05) is 0 Å². The lowest BCUT2D eigenvalue weighted by molar-refractivity contribution is 0.401. The summed E-state index contributed by atoms with van der Waals surface area (Å²) < 4.78 is 23.0. The zero-order chi connectivity index (χ0) is 12.6. The topological polar surface area (TPSA) is 118 Å². The second-order valence-electron chi connectivity index (χ2n) is 3.28. The molecule has 2 rings (SSSR count). The van der Waals surface area contributed by atoms with Crippen LogP contribution in [0.4, 0.5) is 0 Å². The average Bonchev–Trinajstić information content (AvgIpc) is 2.58. The highest BCUT2D eigenvalue weighted by Gasteiger charge is 2.12. The van der Waals surface area contributed by atoms with E-state index in [0.29, 0.717) is 0 Å². The SMILES string of the molecule is NS(=O)(=O)c1ccc(-n2c(O)ccc2O)nc1. The molecule has 7 nitrogen and oxygen atoms in total. The van der Waals surface area contributed by atoms with Crippen molar-refractivity contribution in [2.75, 3.05) is 0 Å². The average molecular weight is 255 g/mol. The summed E-state index contributed by atoms with van der Waals surface area (Å²) in [6.07, 6.45) is 1.05. The number of hydrogen-bond donors (Lipinski definition) is 3. The molecule has 8 heteroatoms. The Balaban J connectivity index is 2.50. The van der Waals surface area contributed by atoms with Crippen LogP contribution in [0, 0.1) is 0 Å². The highest BCUT2D eigenvalue weighted by atomic mass is 32.2. The summed E-state index contributed by atoms with van der Waals surface area (Å²) >= 11 is 0. The van der Waals surface area contributed by atoms with Gasteiger partial charge in [-0.15, -0.1) is 0 Å². The molecule has 0 aliphatic heterocycles. The molecule has 2 heterocycles. The van der Waals surface area contributed by atoms with Crippen molar-refractivity contribution in [3.63, 3.8) is 0 Å². The van der Waals surface area contributed by atoms with Gasteiger partial charge in [-0.3, -0.25) is 0 Å². The van der Waals surface area contributed by atoms with Gasteiger partial charge in [0.2, 0.25) is 10.0 Å². The fraction of sp³-hybridized carbons (Fsp3) is 0. The van der Waals surface area contributed by atoms with E-state index in [2.05, 4.69) is 4.98 Å². The summed E-state index contributed by atoms with van der Waals surface area (Å²) in [4.78, 5) is 3.65. The molecular formula is C9H9N3O4S. The zero-order valence-electron chi connectivity index (χ0n) is 8.48. The summed E-state index contributed by atoms with van der Waals surface area (Å²) in [7, 11) is -3.81. The smallest absolute Gasteiger partial charge is 0.239 e. The molecule has 0 saturated carbocycles. The number of hydrogen-bond acceptors (Lipinski definition) is 5. The number of aromatic hydroxyl groups is 2. The molecule has 0 aliphatic carbocycles. The predicted molar refractivity (Wildman–Crippen MR) is 58.3 cm³/mol. The van der Waals surface area contributed by atoms with Crippen LogP contribution in [0.25, 0.3) is 5.82 Å². The van der Waals surface area contributed by atoms with Gasteiger partial charge < -0.3 is 10.2 Å². The van der Waals surface area contributed by atoms with Crippen LogP contribution < -0.4 is 5.14 Å². The lowest BCUT2D eigenvalue weighted by Gasteiger charge is -2.05. The summed E-state index contributed by atoms with van der Waals surface area (Å²) in [5.41, 5.74) is 0. The fourth-order valence-electron chi connectivity index (χ4n) is 1.32. The normalized spacial score (nSPS) is 11.6. The summed E-state index contributed by atoms with van der Waals surface area (Å²) in [5.74, 6) is -0.242. The van der Waals surface area contributed by atoms with Gasteiger partial charge in [-0.25, -0.2) is 23.1 Å². The highest BCUT2D eigenvalue weighted by Crippen LogP contribution is 2.25. The van der Waals surface area contributed by atoms with Crippen LogP contribution in [0.5, 0.6) is 11.8 Å². The minimum absolute atomic E-state index is 0.146. The molecule has 4 N–H and O–H groups in total. The minimum Gasteiger partial charge on any atom is -0.494 e. The van der Waals surface area contributed by atoms with Crippen LogP contribution in [-0.4, -0.2) is 28.2 Å². The van der Waals surface area contributed by atoms with E-state index in [1.165, 1.54) is 24.3 Å². The highest BCUT2D eigenvalue weighted by molar-refractivity contribution is 7.89. The third-order valence-corrected chi connectivity index (χ3v) is 3.02. The molecule has 0 fully saturated rings. The number of pyridine rings is 1. The second-order valence-corrected chi connectivity index (χ2v) is 4.84. The van der Waals surface area contributed by atoms with Crippen molar-refractivity contribution in [2.24, 2.45) is 5.14 Å². The van der Waals surface area contributed by atoms with Crippen LogP contribution in [0.2, 0.25) is 0 Å². The van der Waals surface area contributed by atoms with E-state index in [1.807, 2.05) is 0 Å². The molecule has 0 unspecified atom stereocenters. The van der Waals surface area contributed by atoms with Crippen molar-refractivity contribution >= 4 is 10.0 Å². The Kier molecular flexibility index (Phi) is 2.52. The molecule has 2 aromatic heterocycles. The fourth-order valence-corrected chi connectivity index (χ4v) is 1.78. The standard InChI is InChI=1S/C9H9N3O4S/c10-17(15,16)6-1-2-7(11-5-6)12-8(13)3-4-9(12)14/h1-5,13-14H,(H2,10,15,16). The molecule has 2 aromatic rings. The van der Waals surface area contributed by atoms with E-state index in [9.17, 15) is 18.6 Å². The van der Waals surface area contributed by atoms with Crippen LogP contribution >= 0.6 is 0 Å². The third-order valence-electron chi connectivity index (χ3n) is 2.12. The maximum absolute atomic E-state index is 11.0. The number of sulfonamides is 1. The maximum atomic E-state index is 11.0. The maximum Gasteiger partial charge on any atom is 0.239 e. The van der Waals surface area contributed by atoms with Crippen LogP contribution in [0.1, 0.15) is 0 Å². The van der Waals surface area contributed by atoms with Gasteiger partial charge in [0, 0.05) is 18.3 Å². The van der Waals surface area contributed by atoms with Gasteiger partial charge >= 0.3 is 0 Å². The third kappa shape index (κ3) is 2.08. The predicted octanol–water partition coefficient (Wildman–Crippen LogP) is -0.0691. The molecule has 0 aliphatic rings. The Hall–Kier alpha value is -2.06. The molecule has 17 heavy (non-hydrogen) atoms. The molecule has 0 radical (unpaired) electrons. The Bertz CT molecular complexity index is 626. The zero-order valence-corrected chi connectivity index (χ0v) is 9.29. The number of nitrogens with zero attached hydrogens (tertiary/aromatic N) is 2. The molecule has 0 aromatic carbocycles. The Morgan fingerprint density at radius 2 is 1.71 bits per heavy atom. The lowest BCUT2D eigenvalue weighted by Crippen LogP contribution is -2.12. The summed E-state index contributed by atoms with van der Waals surface area (Å²) in [5, 5.41) is 23.8. The van der Waals surface area contributed by atoms with Gasteiger partial charge in [0.25, 0.3) is 0 Å². The lowest BCUT2D eigenvalue weighted by atomic mass is 10.4. The molecule has 0 spiro atoms. The van der Waals surface area contributed by atoms with E-state index in [0.717, 1.165) is 10.8 Å². The summed E-state index contributed by atoms with van der Waals surface area (Å²) in [6, 6.07) is 5.12. The van der Waals surface area contributed by atoms with E-state index in [-0.39, 0.29) is 22.5 Å². The molecule has 0 atom stereocenters. The first kappa shape index (κ1) is 11.4. The van der Waals surface area contributed by atoms with Crippen molar-refractivity contribution in [1.82, 2.24) is 9.55 Å². The number of nitrogens with two attached hydrogens (primary N) is 1. The number of rotatable bonds is 2. The minimum atomic E-state index is -3.81. The van der Waals surface area contributed by atoms with E-state index in [4.69, 9.17) is 5.14 Å². The van der Waals surface area contributed by atoms with E-state index >= 15 is 0 Å². The van der Waals surface area contributed by atoms with Crippen molar-refractivity contribution in [1.29, 1.82) is 0 Å². The van der Waals surface area contributed by atoms with Gasteiger partial charge in [-0.05, 0) is 12.1 Å². The first-order valence-electron chi connectivity index (χ1n) is 4.48. The Labute approximate surface area is 96.8 Å². The largest absolute Gasteiger partial charge is 0.494 e. The molecular weight excluding hydrogens is 246 g/mol. The molecule has 0 amide bonds. The van der Waals surface area contributed by atoms with Crippen LogP contribution in [0.15, 0.2) is 35.4 Å². The first-order chi connectivity index (χ1) is 7.89. The van der Waals surface area contributed by atoms with Gasteiger partial charge in [0.15, 0.2) is 11.8 Å². The second kappa shape index (κ2) is 3.75. The Morgan fingerprint density at radius 1 is 1.12 bits per heavy atom. The van der Waals surface area contributed by atoms with Gasteiger partial charge in [0.1, 0.15) is 10.7 Å². The molecule has 0 bridgehead atoms. The molecule has 0 saturated heterocycles. The quantitative estimate of drug-likeness (QED) is 0.694. The van der Waals surface area contributed by atoms with Crippen molar-refractivity contribution in [3.05, 3.63) is 30.5 Å². The Morgan fingerprint density at radius 3 is 2.12 bits per heavy atom. The van der Waals surface area contributed by atoms with Gasteiger partial charge in [-0.2, -0.15) is 0 Å². The summed E-state index contributed by atoms with van der Waals surface area (Å²) in [6.45, 7) is 0. The first-order valence-corrected chi connectivity index (χ1v) is 6.03. The number of aromatic nitrogens is 2. The number of primary sulfonamides is 1. The van der Waals surface area contributed by atoms with E-state index < -0.39 is 10.0 Å². The molecule has 90 valence electrons. The van der Waals surface area contributed by atoms with Crippen molar-refractivity contribution < 1.29 is 18.6 Å². The van der Waals surface area contributed by atoms with Crippen molar-refractivity contribution in [2.45, 2.75) is 4.90 Å². The van der Waals surface area contributed by atoms with Crippen LogP contribution in [0.3, 0.4) is 0 Å². The van der Waals surface area contributed by atoms with Crippen molar-refractivity contribution in [3.8, 4) is 17.6 Å². The monoisotopic (exact) mass is 255 g/mol. The van der Waals surface area contributed by atoms with E-state index in [1.54, 1.807) is 0 Å². The van der Waals surface area contributed by atoms with Crippen LogP contribution in [-0.2, 0) is 10.0 Å². The van der Waals surface area contributed by atoms with Gasteiger partial charge in [0.05, 0.1) is 0 Å².